The van der Waals surface area contributed by atoms with Gasteiger partial charge < -0.3 is 5.11 Å². The number of aliphatic hydroxyl groups is 1. The van der Waals surface area contributed by atoms with Crippen molar-refractivity contribution >= 4 is 37.5 Å². The number of rotatable bonds is 9. The molecule has 156 valence electrons. The zero-order valence-electron chi connectivity index (χ0n) is 16.3. The normalized spacial score (nSPS) is 14.6. The Morgan fingerprint density at radius 3 is 2.10 bits per heavy atom. The second-order valence-corrected chi connectivity index (χ2v) is 11.3. The Hall–Kier alpha value is -1.86. The van der Waals surface area contributed by atoms with Crippen molar-refractivity contribution in [2.45, 2.75) is 32.8 Å². The molecule has 0 bridgehead atoms. The van der Waals surface area contributed by atoms with E-state index in [4.69, 9.17) is 0 Å². The highest BCUT2D eigenvalue weighted by Crippen LogP contribution is 2.45. The second kappa shape index (κ2) is 9.96. The van der Waals surface area contributed by atoms with Gasteiger partial charge in [0.2, 0.25) is 0 Å². The van der Waals surface area contributed by atoms with Gasteiger partial charge in [-0.15, -0.1) is 18.3 Å². The molecular formula is C24H23BrO3S2. The van der Waals surface area contributed by atoms with Crippen LogP contribution in [-0.2, 0) is 15.4 Å². The van der Waals surface area contributed by atoms with Crippen molar-refractivity contribution in [1.82, 2.24) is 0 Å². The number of hydrogen-bond acceptors (Lipinski definition) is 4. The zero-order valence-corrected chi connectivity index (χ0v) is 19.5. The lowest BCUT2D eigenvalue weighted by molar-refractivity contribution is 0.0439. The smallest absolute Gasteiger partial charge is 0.194 e. The summed E-state index contributed by atoms with van der Waals surface area (Å²) in [5.74, 6) is 0. The molecule has 0 aliphatic heterocycles. The second-order valence-electron chi connectivity index (χ2n) is 6.88. The maximum absolute atomic E-state index is 13.8. The van der Waals surface area contributed by atoms with Crippen LogP contribution >= 0.6 is 27.7 Å². The molecule has 6 heteroatoms. The molecule has 0 saturated heterocycles. The van der Waals surface area contributed by atoms with Gasteiger partial charge in [-0.05, 0) is 54.8 Å². The molecule has 0 aliphatic carbocycles. The molecule has 2 unspecified atom stereocenters. The van der Waals surface area contributed by atoms with E-state index in [9.17, 15) is 13.5 Å². The van der Waals surface area contributed by atoms with Gasteiger partial charge in [-0.2, -0.15) is 0 Å². The maximum Gasteiger partial charge on any atom is 0.194 e. The van der Waals surface area contributed by atoms with E-state index in [1.807, 2.05) is 42.5 Å². The first-order chi connectivity index (χ1) is 14.4. The third-order valence-corrected chi connectivity index (χ3v) is 9.41. The van der Waals surface area contributed by atoms with Gasteiger partial charge in [0.1, 0.15) is 10.2 Å². The maximum atomic E-state index is 13.8. The Morgan fingerprint density at radius 2 is 1.53 bits per heavy atom. The van der Waals surface area contributed by atoms with E-state index in [0.717, 1.165) is 21.1 Å². The summed E-state index contributed by atoms with van der Waals surface area (Å²) in [7, 11) is -3.88. The predicted octanol–water partition coefficient (Wildman–Crippen LogP) is 6.20. The zero-order chi connectivity index (χ0) is 21.6. The Morgan fingerprint density at radius 1 is 0.967 bits per heavy atom. The number of allylic oxidation sites excluding steroid dienone is 1. The fraction of sp³-hybridized carbons (Fsp3) is 0.167. The van der Waals surface area contributed by atoms with Crippen molar-refractivity contribution in [3.63, 3.8) is 0 Å². The fourth-order valence-electron chi connectivity index (χ4n) is 3.23. The molecular weight excluding hydrogens is 480 g/mol. The predicted molar refractivity (Wildman–Crippen MR) is 127 cm³/mol. The van der Waals surface area contributed by atoms with E-state index in [1.165, 1.54) is 0 Å². The van der Waals surface area contributed by atoms with Crippen molar-refractivity contribution in [1.29, 1.82) is 0 Å². The lowest BCUT2D eigenvalue weighted by atomic mass is 9.90. The molecule has 0 heterocycles. The molecule has 0 aliphatic rings. The molecule has 0 radical (unpaired) electrons. The fourth-order valence-corrected chi connectivity index (χ4v) is 7.23. The van der Waals surface area contributed by atoms with E-state index in [1.54, 1.807) is 48.5 Å². The highest BCUT2D eigenvalue weighted by molar-refractivity contribution is 9.10. The van der Waals surface area contributed by atoms with Crippen molar-refractivity contribution in [3.05, 3.63) is 108 Å². The SMILES string of the molecule is C=CCCC(O)(c1ccc(Br)cc1)C(Sc1ccccc1)S(=O)(=O)c1ccccc1. The summed E-state index contributed by atoms with van der Waals surface area (Å²) in [5, 5.41) is 12.0. The van der Waals surface area contributed by atoms with E-state index < -0.39 is 20.0 Å². The number of sulfone groups is 1. The minimum absolute atomic E-state index is 0.188. The van der Waals surface area contributed by atoms with E-state index in [0.29, 0.717) is 12.0 Å². The molecule has 0 fully saturated rings. The Bertz CT molecular complexity index is 1070. The van der Waals surface area contributed by atoms with Crippen LogP contribution in [0.15, 0.2) is 112 Å². The van der Waals surface area contributed by atoms with Gasteiger partial charge in [0.25, 0.3) is 0 Å². The summed E-state index contributed by atoms with van der Waals surface area (Å²) in [6.45, 7) is 3.76. The van der Waals surface area contributed by atoms with Gasteiger partial charge in [0.15, 0.2) is 9.84 Å². The standard InChI is InChI=1S/C24H23BrO3S2/c1-2-3-18-24(26,19-14-16-20(25)17-15-19)23(29-21-10-6-4-7-11-21)30(27,28)22-12-8-5-9-13-22/h2,4-17,23,26H,1,3,18H2. The van der Waals surface area contributed by atoms with E-state index in [2.05, 4.69) is 22.5 Å². The van der Waals surface area contributed by atoms with Crippen LogP contribution in [0, 0.1) is 0 Å². The molecule has 3 nitrogen and oxygen atoms in total. The first-order valence-electron chi connectivity index (χ1n) is 9.48. The van der Waals surface area contributed by atoms with Crippen LogP contribution < -0.4 is 0 Å². The first-order valence-corrected chi connectivity index (χ1v) is 12.7. The molecule has 1 N–H and O–H groups in total. The van der Waals surface area contributed by atoms with Gasteiger partial charge >= 0.3 is 0 Å². The highest BCUT2D eigenvalue weighted by atomic mass is 79.9. The largest absolute Gasteiger partial charge is 0.383 e. The molecule has 2 atom stereocenters. The lowest BCUT2D eigenvalue weighted by Gasteiger charge is -2.36. The van der Waals surface area contributed by atoms with Crippen molar-refractivity contribution < 1.29 is 13.5 Å². The monoisotopic (exact) mass is 502 g/mol. The highest BCUT2D eigenvalue weighted by Gasteiger charge is 2.47. The van der Waals surface area contributed by atoms with Gasteiger partial charge in [-0.3, -0.25) is 0 Å². The number of halogens is 1. The Labute approximate surface area is 190 Å². The van der Waals surface area contributed by atoms with Crippen molar-refractivity contribution in [2.24, 2.45) is 0 Å². The quantitative estimate of drug-likeness (QED) is 0.279. The molecule has 3 aromatic carbocycles. The first kappa shape index (κ1) is 22.8. The van der Waals surface area contributed by atoms with Gasteiger partial charge in [0, 0.05) is 9.37 Å². The lowest BCUT2D eigenvalue weighted by Crippen LogP contribution is -2.42. The Kier molecular flexibility index (Phi) is 7.58. The third-order valence-electron chi connectivity index (χ3n) is 4.80. The van der Waals surface area contributed by atoms with Crippen LogP contribution in [0.3, 0.4) is 0 Å². The number of thioether (sulfide) groups is 1. The topological polar surface area (TPSA) is 54.4 Å². The van der Waals surface area contributed by atoms with E-state index in [-0.39, 0.29) is 11.3 Å². The summed E-state index contributed by atoms with van der Waals surface area (Å²) >= 11 is 4.57. The third kappa shape index (κ3) is 5.06. The minimum atomic E-state index is -3.88. The molecule has 0 aromatic heterocycles. The summed E-state index contributed by atoms with van der Waals surface area (Å²) in [6.07, 6.45) is 2.40. The van der Waals surface area contributed by atoms with Gasteiger partial charge in [-0.25, -0.2) is 8.42 Å². The molecule has 0 spiro atoms. The average Bonchev–Trinajstić information content (AvgIpc) is 2.77. The van der Waals surface area contributed by atoms with Crippen LogP contribution in [0.1, 0.15) is 18.4 Å². The van der Waals surface area contributed by atoms with Crippen LogP contribution in [-0.4, -0.2) is 18.1 Å². The summed E-state index contributed by atoms with van der Waals surface area (Å²) in [6, 6.07) is 24.8. The van der Waals surface area contributed by atoms with Crippen LogP contribution in [0.25, 0.3) is 0 Å². The molecule has 30 heavy (non-hydrogen) atoms. The van der Waals surface area contributed by atoms with Gasteiger partial charge in [0.05, 0.1) is 4.90 Å². The summed E-state index contributed by atoms with van der Waals surface area (Å²) in [5.41, 5.74) is -1.06. The summed E-state index contributed by atoms with van der Waals surface area (Å²) < 4.78 is 27.3. The minimum Gasteiger partial charge on any atom is -0.383 e. The number of benzene rings is 3. The molecule has 3 rings (SSSR count). The van der Waals surface area contributed by atoms with Crippen molar-refractivity contribution in [3.8, 4) is 0 Å². The average molecular weight is 503 g/mol. The van der Waals surface area contributed by atoms with Crippen LogP contribution in [0.5, 0.6) is 0 Å². The molecule has 0 saturated carbocycles. The van der Waals surface area contributed by atoms with Crippen molar-refractivity contribution in [2.75, 3.05) is 0 Å². The van der Waals surface area contributed by atoms with Crippen LogP contribution in [0.4, 0.5) is 0 Å². The molecule has 0 amide bonds. The van der Waals surface area contributed by atoms with Gasteiger partial charge in [-0.1, -0.05) is 70.5 Å². The van der Waals surface area contributed by atoms with Crippen LogP contribution in [0.2, 0.25) is 0 Å². The van der Waals surface area contributed by atoms with E-state index >= 15 is 0 Å². The molecule has 3 aromatic rings. The summed E-state index contributed by atoms with van der Waals surface area (Å²) in [4.78, 5) is 0.962. The number of hydrogen-bond donors (Lipinski definition) is 1. The Balaban J connectivity index is 2.18.